The Morgan fingerprint density at radius 3 is 2.59 bits per heavy atom. The average molecular weight is 382 g/mol. The van der Waals surface area contributed by atoms with Crippen LogP contribution in [0.5, 0.6) is 0 Å². The fourth-order valence-electron chi connectivity index (χ4n) is 3.25. The lowest BCUT2D eigenvalue weighted by Gasteiger charge is -2.34. The fourth-order valence-corrected chi connectivity index (χ4v) is 3.44. The zero-order chi connectivity index (χ0) is 18.6. The molecule has 27 heavy (non-hydrogen) atoms. The quantitative estimate of drug-likeness (QED) is 0.754. The number of pyridine rings is 1. The van der Waals surface area contributed by atoms with E-state index < -0.39 is 0 Å². The standard InChI is InChI=1S/C20H20ClN5O/c21-17-3-1-2-16(12-17)18-13-19(24-23-18)20(27)26-10-8-25(9-11-26)14-15-4-6-22-7-5-15/h1-7,12-13H,8-11,14H2,(H,23,24). The molecule has 0 aliphatic carbocycles. The lowest BCUT2D eigenvalue weighted by atomic mass is 10.1. The van der Waals surface area contributed by atoms with Crippen LogP contribution in [0.25, 0.3) is 11.3 Å². The number of hydrogen-bond donors (Lipinski definition) is 1. The molecule has 3 heterocycles. The molecule has 6 nitrogen and oxygen atoms in total. The van der Waals surface area contributed by atoms with Crippen molar-refractivity contribution in [2.75, 3.05) is 26.2 Å². The van der Waals surface area contributed by atoms with Gasteiger partial charge < -0.3 is 4.90 Å². The predicted molar refractivity (Wildman–Crippen MR) is 104 cm³/mol. The first-order chi connectivity index (χ1) is 13.2. The zero-order valence-corrected chi connectivity index (χ0v) is 15.6. The molecule has 0 saturated carbocycles. The van der Waals surface area contributed by atoms with Crippen molar-refractivity contribution in [3.05, 3.63) is 71.1 Å². The van der Waals surface area contributed by atoms with Crippen LogP contribution in [0.4, 0.5) is 0 Å². The van der Waals surface area contributed by atoms with Crippen molar-refractivity contribution in [1.82, 2.24) is 25.0 Å². The van der Waals surface area contributed by atoms with Crippen LogP contribution < -0.4 is 0 Å². The largest absolute Gasteiger partial charge is 0.335 e. The van der Waals surface area contributed by atoms with Gasteiger partial charge in [-0.1, -0.05) is 23.7 Å². The summed E-state index contributed by atoms with van der Waals surface area (Å²) >= 11 is 6.04. The van der Waals surface area contributed by atoms with Gasteiger partial charge in [0.15, 0.2) is 0 Å². The summed E-state index contributed by atoms with van der Waals surface area (Å²) in [5.74, 6) is -0.0145. The molecule has 2 aromatic heterocycles. The van der Waals surface area contributed by atoms with Crippen LogP contribution >= 0.6 is 11.6 Å². The van der Waals surface area contributed by atoms with Gasteiger partial charge in [-0.3, -0.25) is 19.8 Å². The predicted octanol–water partition coefficient (Wildman–Crippen LogP) is 3.08. The van der Waals surface area contributed by atoms with E-state index in [1.807, 2.05) is 53.7 Å². The summed E-state index contributed by atoms with van der Waals surface area (Å²) in [5, 5.41) is 7.78. The van der Waals surface area contributed by atoms with Gasteiger partial charge in [-0.25, -0.2) is 0 Å². The van der Waals surface area contributed by atoms with Crippen molar-refractivity contribution in [3.63, 3.8) is 0 Å². The van der Waals surface area contributed by atoms with Gasteiger partial charge in [-0.15, -0.1) is 0 Å². The van der Waals surface area contributed by atoms with Gasteiger partial charge in [0, 0.05) is 55.7 Å². The summed E-state index contributed by atoms with van der Waals surface area (Å²) in [6, 6.07) is 13.3. The highest BCUT2D eigenvalue weighted by molar-refractivity contribution is 6.30. The summed E-state index contributed by atoms with van der Waals surface area (Å²) in [7, 11) is 0. The van der Waals surface area contributed by atoms with Crippen LogP contribution in [0.1, 0.15) is 16.1 Å². The molecule has 0 spiro atoms. The van der Waals surface area contributed by atoms with Crippen molar-refractivity contribution >= 4 is 17.5 Å². The monoisotopic (exact) mass is 381 g/mol. The van der Waals surface area contributed by atoms with Crippen molar-refractivity contribution < 1.29 is 4.79 Å². The van der Waals surface area contributed by atoms with E-state index in [1.165, 1.54) is 5.56 Å². The Hall–Kier alpha value is -2.70. The number of carbonyl (C=O) groups excluding carboxylic acids is 1. The highest BCUT2D eigenvalue weighted by atomic mass is 35.5. The van der Waals surface area contributed by atoms with E-state index in [0.29, 0.717) is 23.8 Å². The number of benzene rings is 1. The minimum Gasteiger partial charge on any atom is -0.335 e. The number of hydrogen-bond acceptors (Lipinski definition) is 4. The second-order valence-electron chi connectivity index (χ2n) is 6.60. The van der Waals surface area contributed by atoms with Gasteiger partial charge in [0.1, 0.15) is 5.69 Å². The van der Waals surface area contributed by atoms with Crippen molar-refractivity contribution in [1.29, 1.82) is 0 Å². The zero-order valence-electron chi connectivity index (χ0n) is 14.8. The van der Waals surface area contributed by atoms with E-state index in [4.69, 9.17) is 11.6 Å². The smallest absolute Gasteiger partial charge is 0.271 e. The molecule has 7 heteroatoms. The highest BCUT2D eigenvalue weighted by Crippen LogP contribution is 2.22. The topological polar surface area (TPSA) is 65.1 Å². The van der Waals surface area contributed by atoms with Crippen molar-refractivity contribution in [2.45, 2.75) is 6.54 Å². The van der Waals surface area contributed by atoms with E-state index in [2.05, 4.69) is 20.1 Å². The molecule has 3 aromatic rings. The van der Waals surface area contributed by atoms with Crippen molar-refractivity contribution in [2.24, 2.45) is 0 Å². The Balaban J connectivity index is 1.37. The molecule has 1 saturated heterocycles. The third-order valence-electron chi connectivity index (χ3n) is 4.74. The molecule has 0 bridgehead atoms. The normalized spacial score (nSPS) is 15.1. The molecular weight excluding hydrogens is 362 g/mol. The Bertz CT molecular complexity index is 919. The molecule has 0 radical (unpaired) electrons. The molecule has 1 N–H and O–H groups in total. The third kappa shape index (κ3) is 4.18. The summed E-state index contributed by atoms with van der Waals surface area (Å²) in [4.78, 5) is 21.0. The SMILES string of the molecule is O=C(c1cc(-c2cccc(Cl)c2)n[nH]1)N1CCN(Cc2ccncc2)CC1. The molecular formula is C20H20ClN5O. The minimum atomic E-state index is -0.0145. The Morgan fingerprint density at radius 1 is 1.07 bits per heavy atom. The number of nitrogens with one attached hydrogen (secondary N) is 1. The van der Waals surface area contributed by atoms with Gasteiger partial charge in [0.2, 0.25) is 0 Å². The van der Waals surface area contributed by atoms with Gasteiger partial charge >= 0.3 is 0 Å². The lowest BCUT2D eigenvalue weighted by molar-refractivity contribution is 0.0622. The second-order valence-corrected chi connectivity index (χ2v) is 7.04. The number of H-pyrrole nitrogens is 1. The van der Waals surface area contributed by atoms with E-state index >= 15 is 0 Å². The molecule has 138 valence electrons. The maximum atomic E-state index is 12.8. The van der Waals surface area contributed by atoms with Crippen LogP contribution in [0, 0.1) is 0 Å². The van der Waals surface area contributed by atoms with Gasteiger partial charge in [0.25, 0.3) is 5.91 Å². The fraction of sp³-hybridized carbons (Fsp3) is 0.250. The number of carbonyl (C=O) groups is 1. The van der Waals surface area contributed by atoms with Crippen LogP contribution in [0.3, 0.4) is 0 Å². The highest BCUT2D eigenvalue weighted by Gasteiger charge is 2.23. The average Bonchev–Trinajstić information content (AvgIpc) is 3.19. The number of piperazine rings is 1. The number of rotatable bonds is 4. The first kappa shape index (κ1) is 17.7. The Labute approximate surface area is 162 Å². The number of amides is 1. The summed E-state index contributed by atoms with van der Waals surface area (Å²) < 4.78 is 0. The maximum absolute atomic E-state index is 12.8. The molecule has 1 aliphatic heterocycles. The Morgan fingerprint density at radius 2 is 1.85 bits per heavy atom. The molecule has 1 aromatic carbocycles. The first-order valence-electron chi connectivity index (χ1n) is 8.91. The summed E-state index contributed by atoms with van der Waals surface area (Å²) in [6.07, 6.45) is 3.62. The molecule has 0 atom stereocenters. The Kier molecular flexibility index (Phi) is 5.18. The second kappa shape index (κ2) is 7.90. The number of aromatic amines is 1. The van der Waals surface area contributed by atoms with E-state index in [-0.39, 0.29) is 5.91 Å². The first-order valence-corrected chi connectivity index (χ1v) is 9.29. The molecule has 4 rings (SSSR count). The van der Waals surface area contributed by atoms with Crippen LogP contribution in [-0.2, 0) is 6.54 Å². The van der Waals surface area contributed by atoms with E-state index in [1.54, 1.807) is 6.07 Å². The minimum absolute atomic E-state index is 0.0145. The third-order valence-corrected chi connectivity index (χ3v) is 4.98. The van der Waals surface area contributed by atoms with Crippen LogP contribution in [0.2, 0.25) is 5.02 Å². The molecule has 0 unspecified atom stereocenters. The van der Waals surface area contributed by atoms with Crippen molar-refractivity contribution in [3.8, 4) is 11.3 Å². The van der Waals surface area contributed by atoms with Crippen LogP contribution in [-0.4, -0.2) is 57.1 Å². The maximum Gasteiger partial charge on any atom is 0.271 e. The van der Waals surface area contributed by atoms with E-state index in [9.17, 15) is 4.79 Å². The molecule has 1 amide bonds. The van der Waals surface area contributed by atoms with Crippen LogP contribution in [0.15, 0.2) is 54.9 Å². The van der Waals surface area contributed by atoms with Gasteiger partial charge in [0.05, 0.1) is 5.69 Å². The number of nitrogens with zero attached hydrogens (tertiary/aromatic N) is 4. The van der Waals surface area contributed by atoms with E-state index in [0.717, 1.165) is 30.9 Å². The summed E-state index contributed by atoms with van der Waals surface area (Å²) in [5.41, 5.74) is 3.36. The number of aromatic nitrogens is 3. The molecule has 1 aliphatic rings. The van der Waals surface area contributed by atoms with Gasteiger partial charge in [-0.05, 0) is 35.9 Å². The lowest BCUT2D eigenvalue weighted by Crippen LogP contribution is -2.48. The van der Waals surface area contributed by atoms with Gasteiger partial charge in [-0.2, -0.15) is 5.10 Å². The summed E-state index contributed by atoms with van der Waals surface area (Å²) in [6.45, 7) is 3.99. The number of halogens is 1. The molecule has 1 fully saturated rings.